The van der Waals surface area contributed by atoms with Gasteiger partial charge in [0.25, 0.3) is 0 Å². The Bertz CT molecular complexity index is 379. The minimum atomic E-state index is -1.17. The lowest BCUT2D eigenvalue weighted by atomic mass is 10.1. The van der Waals surface area contributed by atoms with Crippen LogP contribution in [-0.4, -0.2) is 22.8 Å². The van der Waals surface area contributed by atoms with E-state index in [9.17, 15) is 15.1 Å². The quantitative estimate of drug-likeness (QED) is 0.410. The van der Waals surface area contributed by atoms with E-state index < -0.39 is 5.23 Å². The van der Waals surface area contributed by atoms with Gasteiger partial charge >= 0.3 is 0 Å². The van der Waals surface area contributed by atoms with Crippen LogP contribution >= 0.6 is 0 Å². The van der Waals surface area contributed by atoms with E-state index in [0.717, 1.165) is 5.56 Å². The van der Waals surface area contributed by atoms with E-state index >= 15 is 0 Å². The number of aromatic hydroxyl groups is 1. The smallest absolute Gasteiger partial charge is 0.216 e. The molecule has 88 valence electrons. The van der Waals surface area contributed by atoms with Crippen LogP contribution in [0.3, 0.4) is 0 Å². The zero-order valence-corrected chi connectivity index (χ0v) is 8.86. The van der Waals surface area contributed by atoms with Crippen molar-refractivity contribution in [3.05, 3.63) is 29.0 Å². The van der Waals surface area contributed by atoms with Gasteiger partial charge in [0.15, 0.2) is 5.75 Å². The number of carbonyl (C=O) groups is 1. The van der Waals surface area contributed by atoms with Crippen molar-refractivity contribution >= 4 is 11.6 Å². The van der Waals surface area contributed by atoms with E-state index in [1.165, 1.54) is 19.1 Å². The van der Waals surface area contributed by atoms with Gasteiger partial charge in [-0.15, -0.1) is 0 Å². The minimum Gasteiger partial charge on any atom is -0.595 e. The summed E-state index contributed by atoms with van der Waals surface area (Å²) >= 11 is 0. The third kappa shape index (κ3) is 3.50. The standard InChI is InChI=1S/C10H14N2O4/c1-7(13)11-5-4-8-2-3-10(14)9(6-8)12(15)16/h2-3,6,12,14-15H,4-5H2,1H3,(H,11,13). The van der Waals surface area contributed by atoms with E-state index in [1.54, 1.807) is 6.07 Å². The highest BCUT2D eigenvalue weighted by Gasteiger charge is 2.08. The predicted octanol–water partition coefficient (Wildman–Crippen LogP) is -0.526. The molecule has 0 aliphatic heterocycles. The number of hydrogen-bond donors (Lipinski definition) is 4. The van der Waals surface area contributed by atoms with Crippen molar-refractivity contribution in [2.45, 2.75) is 13.3 Å². The number of phenols is 1. The molecule has 0 aliphatic rings. The van der Waals surface area contributed by atoms with Crippen LogP contribution in [0, 0.1) is 5.21 Å². The fourth-order valence-corrected chi connectivity index (χ4v) is 1.29. The van der Waals surface area contributed by atoms with E-state index in [-0.39, 0.29) is 17.3 Å². The van der Waals surface area contributed by atoms with Crippen LogP contribution in [0.15, 0.2) is 18.2 Å². The summed E-state index contributed by atoms with van der Waals surface area (Å²) in [7, 11) is 0. The molecule has 4 N–H and O–H groups in total. The summed E-state index contributed by atoms with van der Waals surface area (Å²) in [6.07, 6.45) is 0.528. The van der Waals surface area contributed by atoms with Gasteiger partial charge in [0.05, 0.1) is 0 Å². The van der Waals surface area contributed by atoms with Gasteiger partial charge in [-0.2, -0.15) is 5.23 Å². The Morgan fingerprint density at radius 1 is 1.56 bits per heavy atom. The molecule has 1 aromatic carbocycles. The number of carbonyl (C=O) groups excluding carboxylic acids is 1. The zero-order valence-electron chi connectivity index (χ0n) is 8.86. The van der Waals surface area contributed by atoms with E-state index in [4.69, 9.17) is 5.21 Å². The summed E-state index contributed by atoms with van der Waals surface area (Å²) in [5.41, 5.74) is 0.629. The third-order valence-corrected chi connectivity index (χ3v) is 2.08. The summed E-state index contributed by atoms with van der Waals surface area (Å²) in [5.74, 6) is -0.381. The molecule has 0 aromatic heterocycles. The monoisotopic (exact) mass is 226 g/mol. The van der Waals surface area contributed by atoms with Crippen molar-refractivity contribution < 1.29 is 20.3 Å². The Kier molecular flexibility index (Phi) is 4.24. The van der Waals surface area contributed by atoms with Crippen LogP contribution in [0.5, 0.6) is 5.75 Å². The molecule has 0 radical (unpaired) electrons. The van der Waals surface area contributed by atoms with Crippen LogP contribution in [0.25, 0.3) is 0 Å². The van der Waals surface area contributed by atoms with Gasteiger partial charge in [-0.05, 0) is 18.1 Å². The maximum atomic E-state index is 10.7. The molecular formula is C10H14N2O4. The van der Waals surface area contributed by atoms with Gasteiger partial charge in [0.1, 0.15) is 0 Å². The number of amides is 1. The van der Waals surface area contributed by atoms with Gasteiger partial charge in [-0.25, -0.2) is 5.21 Å². The molecular weight excluding hydrogens is 212 g/mol. The SMILES string of the molecule is CC(=O)NCCc1ccc(O)c([NH+]([O-])O)c1. The van der Waals surface area contributed by atoms with Gasteiger partial charge in [-0.3, -0.25) is 4.79 Å². The molecule has 16 heavy (non-hydrogen) atoms. The second-order valence-corrected chi connectivity index (χ2v) is 3.39. The highest BCUT2D eigenvalue weighted by Crippen LogP contribution is 2.20. The number of phenolic OH excluding ortho intramolecular Hbond substituents is 1. The summed E-state index contributed by atoms with van der Waals surface area (Å²) in [6.45, 7) is 1.86. The molecule has 0 heterocycles. The van der Waals surface area contributed by atoms with E-state index in [0.29, 0.717) is 13.0 Å². The molecule has 1 aromatic rings. The molecule has 0 spiro atoms. The molecule has 1 atom stereocenters. The van der Waals surface area contributed by atoms with Crippen molar-refractivity contribution in [1.82, 2.24) is 5.32 Å². The molecule has 1 unspecified atom stereocenters. The molecule has 1 amide bonds. The second kappa shape index (κ2) is 5.45. The average molecular weight is 226 g/mol. The first-order chi connectivity index (χ1) is 7.50. The molecule has 6 nitrogen and oxygen atoms in total. The van der Waals surface area contributed by atoms with Crippen molar-refractivity contribution in [3.63, 3.8) is 0 Å². The van der Waals surface area contributed by atoms with Crippen LogP contribution in [-0.2, 0) is 11.2 Å². The highest BCUT2D eigenvalue weighted by atomic mass is 16.8. The summed E-state index contributed by atoms with van der Waals surface area (Å²) < 4.78 is 0. The van der Waals surface area contributed by atoms with Gasteiger partial charge < -0.3 is 15.6 Å². The summed E-state index contributed by atoms with van der Waals surface area (Å²) in [6, 6.07) is 4.37. The van der Waals surface area contributed by atoms with Crippen molar-refractivity contribution in [3.8, 4) is 5.75 Å². The molecule has 0 bridgehead atoms. The van der Waals surface area contributed by atoms with Crippen LogP contribution < -0.4 is 10.5 Å². The molecule has 0 fully saturated rings. The Balaban J connectivity index is 2.67. The zero-order chi connectivity index (χ0) is 12.1. The Morgan fingerprint density at radius 2 is 2.25 bits per heavy atom. The average Bonchev–Trinajstić information content (AvgIpc) is 2.19. The number of quaternary nitrogens is 1. The summed E-state index contributed by atoms with van der Waals surface area (Å²) in [4.78, 5) is 10.6. The normalized spacial score (nSPS) is 12.2. The van der Waals surface area contributed by atoms with Crippen molar-refractivity contribution in [1.29, 1.82) is 0 Å². The van der Waals surface area contributed by atoms with Crippen LogP contribution in [0.1, 0.15) is 12.5 Å². The lowest BCUT2D eigenvalue weighted by molar-refractivity contribution is -0.991. The van der Waals surface area contributed by atoms with Crippen molar-refractivity contribution in [2.75, 3.05) is 6.54 Å². The maximum Gasteiger partial charge on any atom is 0.216 e. The lowest BCUT2D eigenvalue weighted by Crippen LogP contribution is -2.99. The molecule has 1 rings (SSSR count). The Labute approximate surface area is 92.7 Å². The third-order valence-electron chi connectivity index (χ3n) is 2.08. The number of rotatable bonds is 4. The van der Waals surface area contributed by atoms with Gasteiger partial charge in [0, 0.05) is 19.5 Å². The fourth-order valence-electron chi connectivity index (χ4n) is 1.29. The van der Waals surface area contributed by atoms with E-state index in [2.05, 4.69) is 5.32 Å². The first-order valence-corrected chi connectivity index (χ1v) is 4.80. The predicted molar refractivity (Wildman–Crippen MR) is 56.3 cm³/mol. The first-order valence-electron chi connectivity index (χ1n) is 4.80. The number of hydrogen-bond acceptors (Lipinski definition) is 4. The van der Waals surface area contributed by atoms with Crippen LogP contribution in [0.4, 0.5) is 5.69 Å². The Hall–Kier alpha value is -1.63. The number of nitrogens with one attached hydrogen (secondary N) is 2. The molecule has 6 heteroatoms. The molecule has 0 saturated heterocycles. The fraction of sp³-hybridized carbons (Fsp3) is 0.300. The molecule has 0 saturated carbocycles. The Morgan fingerprint density at radius 3 is 2.81 bits per heavy atom. The highest BCUT2D eigenvalue weighted by molar-refractivity contribution is 5.72. The van der Waals surface area contributed by atoms with Gasteiger partial charge in [0.2, 0.25) is 11.6 Å². The van der Waals surface area contributed by atoms with Crippen molar-refractivity contribution in [2.24, 2.45) is 0 Å². The van der Waals surface area contributed by atoms with E-state index in [1.807, 2.05) is 0 Å². The number of benzene rings is 1. The maximum absolute atomic E-state index is 10.7. The minimum absolute atomic E-state index is 0.125. The second-order valence-electron chi connectivity index (χ2n) is 3.39. The lowest BCUT2D eigenvalue weighted by Gasteiger charge is -2.14. The molecule has 0 aliphatic carbocycles. The van der Waals surface area contributed by atoms with Crippen LogP contribution in [0.2, 0.25) is 0 Å². The first kappa shape index (κ1) is 12.4. The topological polar surface area (TPSA) is 97.1 Å². The largest absolute Gasteiger partial charge is 0.595 e. The van der Waals surface area contributed by atoms with Gasteiger partial charge in [-0.1, -0.05) is 6.07 Å². The summed E-state index contributed by atoms with van der Waals surface area (Å²) in [5, 5.41) is 30.2.